The van der Waals surface area contributed by atoms with E-state index < -0.39 is 42.1 Å². The molecule has 0 fully saturated rings. The van der Waals surface area contributed by atoms with Gasteiger partial charge in [-0.25, -0.2) is 0 Å². The van der Waals surface area contributed by atoms with Crippen molar-refractivity contribution in [2.75, 3.05) is 11.9 Å². The molecule has 2 aromatic rings. The molecular formula is C26H34F3N3O3. The molecule has 2 rings (SSSR count). The van der Waals surface area contributed by atoms with E-state index >= 15 is 0 Å². The number of amides is 2. The summed E-state index contributed by atoms with van der Waals surface area (Å²) in [4.78, 5) is 24.9. The highest BCUT2D eigenvalue weighted by Crippen LogP contribution is 2.32. The van der Waals surface area contributed by atoms with E-state index in [1.807, 2.05) is 32.9 Å². The van der Waals surface area contributed by atoms with Crippen molar-refractivity contribution in [1.82, 2.24) is 10.6 Å². The molecule has 0 aliphatic carbocycles. The molecule has 0 aromatic heterocycles. The molecule has 2 atom stereocenters. The first-order valence-electron chi connectivity index (χ1n) is 11.6. The Balaban J connectivity index is 1.97. The number of aryl methyl sites for hydroxylation is 3. The van der Waals surface area contributed by atoms with E-state index in [2.05, 4.69) is 22.0 Å². The number of hydrogen-bond acceptors (Lipinski definition) is 4. The summed E-state index contributed by atoms with van der Waals surface area (Å²) in [7, 11) is 0. The molecule has 0 saturated heterocycles. The lowest BCUT2D eigenvalue weighted by atomic mass is 10.0. The van der Waals surface area contributed by atoms with Crippen LogP contribution in [0.4, 0.5) is 18.9 Å². The van der Waals surface area contributed by atoms with E-state index in [-0.39, 0.29) is 12.2 Å². The molecule has 0 aliphatic rings. The minimum Gasteiger partial charge on any atom is -0.391 e. The summed E-state index contributed by atoms with van der Waals surface area (Å²) in [5, 5.41) is 18.8. The maximum atomic E-state index is 13.0. The lowest BCUT2D eigenvalue weighted by molar-refractivity contribution is -0.137. The summed E-state index contributed by atoms with van der Waals surface area (Å²) in [6.45, 7) is 8.34. The van der Waals surface area contributed by atoms with Crippen LogP contribution in [-0.2, 0) is 22.3 Å². The Morgan fingerprint density at radius 2 is 1.71 bits per heavy atom. The number of hydrogen-bond donors (Lipinski definition) is 4. The van der Waals surface area contributed by atoms with Gasteiger partial charge in [-0.05, 0) is 56.0 Å². The third-order valence-corrected chi connectivity index (χ3v) is 5.73. The zero-order valence-electron chi connectivity index (χ0n) is 20.6. The average molecular weight is 494 g/mol. The summed E-state index contributed by atoms with van der Waals surface area (Å²) >= 11 is 0. The molecule has 2 amide bonds. The van der Waals surface area contributed by atoms with Crippen LogP contribution < -0.4 is 16.0 Å². The predicted molar refractivity (Wildman–Crippen MR) is 130 cm³/mol. The van der Waals surface area contributed by atoms with Crippen LogP contribution in [0.3, 0.4) is 0 Å². The number of alkyl halides is 3. The topological polar surface area (TPSA) is 90.5 Å². The second-order valence-electron chi connectivity index (χ2n) is 8.84. The fraction of sp³-hybridized carbons (Fsp3) is 0.462. The van der Waals surface area contributed by atoms with Gasteiger partial charge >= 0.3 is 6.18 Å². The first kappa shape index (κ1) is 28.3. The van der Waals surface area contributed by atoms with Gasteiger partial charge in [-0.3, -0.25) is 9.59 Å². The molecule has 0 spiro atoms. The Labute approximate surface area is 204 Å². The van der Waals surface area contributed by atoms with E-state index in [9.17, 15) is 27.9 Å². The number of aliphatic hydroxyl groups excluding tert-OH is 1. The van der Waals surface area contributed by atoms with Crippen LogP contribution >= 0.6 is 0 Å². The molecule has 9 heteroatoms. The Morgan fingerprint density at radius 3 is 2.34 bits per heavy atom. The van der Waals surface area contributed by atoms with Gasteiger partial charge < -0.3 is 21.1 Å². The number of nitrogens with one attached hydrogen (secondary N) is 3. The Bertz CT molecular complexity index is 1020. The van der Waals surface area contributed by atoms with Crippen molar-refractivity contribution in [3.8, 4) is 0 Å². The van der Waals surface area contributed by atoms with E-state index in [0.717, 1.165) is 28.8 Å². The van der Waals surface area contributed by atoms with Crippen molar-refractivity contribution < 1.29 is 27.9 Å². The zero-order chi connectivity index (χ0) is 26.2. The van der Waals surface area contributed by atoms with Gasteiger partial charge in [0.2, 0.25) is 11.8 Å². The van der Waals surface area contributed by atoms with Crippen molar-refractivity contribution in [3.05, 3.63) is 64.2 Å². The largest absolute Gasteiger partial charge is 0.416 e. The average Bonchev–Trinajstić information content (AvgIpc) is 2.75. The number of halogens is 3. The number of carbonyl (C=O) groups excluding carboxylic acids is 2. The number of aliphatic hydroxyl groups is 1. The summed E-state index contributed by atoms with van der Waals surface area (Å²) in [6.07, 6.45) is -4.77. The summed E-state index contributed by atoms with van der Waals surface area (Å²) in [5.41, 5.74) is 2.94. The normalized spacial score (nSPS) is 13.3. The smallest absolute Gasteiger partial charge is 0.391 e. The molecule has 0 unspecified atom stereocenters. The molecular weight excluding hydrogens is 459 g/mol. The summed E-state index contributed by atoms with van der Waals surface area (Å²) in [6, 6.07) is 8.52. The zero-order valence-corrected chi connectivity index (χ0v) is 20.6. The first-order chi connectivity index (χ1) is 16.4. The Kier molecular flexibility index (Phi) is 10.3. The highest BCUT2D eigenvalue weighted by atomic mass is 19.4. The lowest BCUT2D eigenvalue weighted by Gasteiger charge is -2.24. The van der Waals surface area contributed by atoms with Crippen molar-refractivity contribution in [2.24, 2.45) is 0 Å². The monoisotopic (exact) mass is 493 g/mol. The molecule has 0 aliphatic heterocycles. The van der Waals surface area contributed by atoms with Crippen LogP contribution in [0.15, 0.2) is 36.4 Å². The molecule has 6 nitrogen and oxygen atoms in total. The van der Waals surface area contributed by atoms with Crippen molar-refractivity contribution in [1.29, 1.82) is 0 Å². The minimum absolute atomic E-state index is 0.00433. The molecule has 2 aromatic carbocycles. The van der Waals surface area contributed by atoms with E-state index in [0.29, 0.717) is 24.9 Å². The fourth-order valence-corrected chi connectivity index (χ4v) is 3.72. The summed E-state index contributed by atoms with van der Waals surface area (Å²) in [5.74, 6) is -1.36. The van der Waals surface area contributed by atoms with Gasteiger partial charge in [0.05, 0.1) is 17.7 Å². The van der Waals surface area contributed by atoms with Crippen LogP contribution in [0.25, 0.3) is 0 Å². The maximum absolute atomic E-state index is 13.0. The van der Waals surface area contributed by atoms with Crippen molar-refractivity contribution in [3.63, 3.8) is 0 Å². The fourth-order valence-electron chi connectivity index (χ4n) is 3.72. The van der Waals surface area contributed by atoms with Crippen LogP contribution in [-0.4, -0.2) is 35.6 Å². The quantitative estimate of drug-likeness (QED) is 0.350. The van der Waals surface area contributed by atoms with Crippen LogP contribution in [0.2, 0.25) is 0 Å². The predicted octanol–water partition coefficient (Wildman–Crippen LogP) is 4.39. The SMILES string of the molecule is CCC[C@H](O)[C@H](CNCc1ccc(C)cc1C)NC(=O)CC(=O)Nc1cc(C(F)(F)F)ccc1C. The number of anilines is 1. The molecule has 4 N–H and O–H groups in total. The maximum Gasteiger partial charge on any atom is 0.416 e. The van der Waals surface area contributed by atoms with Gasteiger partial charge in [-0.15, -0.1) is 0 Å². The van der Waals surface area contributed by atoms with Crippen molar-refractivity contribution in [2.45, 2.75) is 71.8 Å². The van der Waals surface area contributed by atoms with Gasteiger partial charge in [0.1, 0.15) is 6.42 Å². The lowest BCUT2D eigenvalue weighted by Crippen LogP contribution is -2.49. The summed E-state index contributed by atoms with van der Waals surface area (Å²) < 4.78 is 38.9. The standard InChI is InChI=1S/C26H34F3N3O3/c1-5-6-23(33)22(15-30-14-19-9-7-16(2)11-18(19)4)32-25(35)13-24(34)31-21-12-20(26(27,28)29)10-8-17(21)3/h7-12,22-23,30,33H,5-6,13-15H2,1-4H3,(H,31,34)(H,32,35)/t22-,23-/m0/s1. The molecule has 0 radical (unpaired) electrons. The highest BCUT2D eigenvalue weighted by Gasteiger charge is 2.31. The molecule has 0 heterocycles. The molecule has 192 valence electrons. The van der Waals surface area contributed by atoms with E-state index in [4.69, 9.17) is 0 Å². The Hall–Kier alpha value is -2.91. The van der Waals surface area contributed by atoms with Crippen LogP contribution in [0, 0.1) is 20.8 Å². The Morgan fingerprint density at radius 1 is 1.00 bits per heavy atom. The second kappa shape index (κ2) is 12.7. The third kappa shape index (κ3) is 8.99. The van der Waals surface area contributed by atoms with Gasteiger partial charge in [-0.1, -0.05) is 43.2 Å². The van der Waals surface area contributed by atoms with E-state index in [1.165, 1.54) is 6.07 Å². The van der Waals surface area contributed by atoms with Crippen molar-refractivity contribution >= 4 is 17.5 Å². The van der Waals surface area contributed by atoms with Gasteiger partial charge in [-0.2, -0.15) is 13.2 Å². The van der Waals surface area contributed by atoms with Crippen LogP contribution in [0.5, 0.6) is 0 Å². The third-order valence-electron chi connectivity index (χ3n) is 5.73. The first-order valence-corrected chi connectivity index (χ1v) is 11.6. The van der Waals surface area contributed by atoms with Gasteiger partial charge in [0.25, 0.3) is 0 Å². The van der Waals surface area contributed by atoms with Gasteiger partial charge in [0, 0.05) is 18.8 Å². The number of benzene rings is 2. The second-order valence-corrected chi connectivity index (χ2v) is 8.84. The molecule has 0 bridgehead atoms. The van der Waals surface area contributed by atoms with E-state index in [1.54, 1.807) is 6.92 Å². The highest BCUT2D eigenvalue weighted by molar-refractivity contribution is 6.04. The molecule has 0 saturated carbocycles. The number of carbonyl (C=O) groups is 2. The van der Waals surface area contributed by atoms with Gasteiger partial charge in [0.15, 0.2) is 0 Å². The minimum atomic E-state index is -4.54. The molecule has 35 heavy (non-hydrogen) atoms. The number of rotatable bonds is 11. The van der Waals surface area contributed by atoms with Crippen LogP contribution in [0.1, 0.15) is 54.0 Å².